The number of carbonyl (C=O) groups is 2. The number of aromatic nitrogens is 1. The lowest BCUT2D eigenvalue weighted by molar-refractivity contribution is 0.0698. The van der Waals surface area contributed by atoms with Crippen molar-refractivity contribution in [1.29, 1.82) is 0 Å². The lowest BCUT2D eigenvalue weighted by Crippen LogP contribution is -2.08. The molecular weight excluding hydrogens is 266 g/mol. The van der Waals surface area contributed by atoms with Crippen molar-refractivity contribution in [3.8, 4) is 0 Å². The summed E-state index contributed by atoms with van der Waals surface area (Å²) in [6.45, 7) is 9.87. The molecule has 1 aromatic carbocycles. The van der Waals surface area contributed by atoms with Gasteiger partial charge in [0.1, 0.15) is 0 Å². The van der Waals surface area contributed by atoms with Crippen molar-refractivity contribution in [2.24, 2.45) is 0 Å². The smallest absolute Gasteiger partial charge is 0.337 e. The Morgan fingerprint density at radius 2 is 1.86 bits per heavy atom. The number of nitrogens with zero attached hydrogens (tertiary/aromatic N) is 1. The zero-order valence-electron chi connectivity index (χ0n) is 13.1. The van der Waals surface area contributed by atoms with Gasteiger partial charge >= 0.3 is 5.97 Å². The summed E-state index contributed by atoms with van der Waals surface area (Å²) in [7, 11) is 0. The number of benzene rings is 1. The van der Waals surface area contributed by atoms with E-state index in [4.69, 9.17) is 0 Å². The van der Waals surface area contributed by atoms with E-state index >= 15 is 0 Å². The summed E-state index contributed by atoms with van der Waals surface area (Å²) < 4.78 is 1.94. The zero-order valence-corrected chi connectivity index (χ0v) is 13.1. The molecule has 0 fully saturated rings. The normalized spacial score (nSPS) is 11.6. The number of hydrogen-bond acceptors (Lipinski definition) is 2. The van der Waals surface area contributed by atoms with Crippen LogP contribution in [0.15, 0.2) is 12.1 Å². The Hall–Kier alpha value is -2.10. The second kappa shape index (κ2) is 5.35. The number of hydrogen-bond donors (Lipinski definition) is 1. The first-order valence-electron chi connectivity index (χ1n) is 7.16. The quantitative estimate of drug-likeness (QED) is 0.859. The van der Waals surface area contributed by atoms with Crippen molar-refractivity contribution in [2.45, 2.75) is 46.6 Å². The van der Waals surface area contributed by atoms with Crippen LogP contribution in [0.4, 0.5) is 0 Å². The highest BCUT2D eigenvalue weighted by Crippen LogP contribution is 2.33. The first-order valence-corrected chi connectivity index (χ1v) is 7.16. The van der Waals surface area contributed by atoms with E-state index in [1.165, 1.54) is 0 Å². The third-order valence-electron chi connectivity index (χ3n) is 3.95. The van der Waals surface area contributed by atoms with E-state index in [-0.39, 0.29) is 17.5 Å². The molecule has 0 atom stereocenters. The molecule has 0 aliphatic carbocycles. The summed E-state index contributed by atoms with van der Waals surface area (Å²) in [5.74, 6) is -0.756. The van der Waals surface area contributed by atoms with Crippen LogP contribution < -0.4 is 0 Å². The predicted octanol–water partition coefficient (Wildman–Crippen LogP) is 4.16. The molecule has 0 aliphatic rings. The van der Waals surface area contributed by atoms with Gasteiger partial charge in [0, 0.05) is 22.7 Å². The van der Waals surface area contributed by atoms with E-state index in [1.807, 2.05) is 45.3 Å². The maximum absolute atomic E-state index is 11.7. The summed E-state index contributed by atoms with van der Waals surface area (Å²) in [6, 6.07) is 3.76. The van der Waals surface area contributed by atoms with E-state index in [0.717, 1.165) is 22.9 Å². The zero-order chi connectivity index (χ0) is 15.9. The van der Waals surface area contributed by atoms with E-state index in [2.05, 4.69) is 0 Å². The van der Waals surface area contributed by atoms with Gasteiger partial charge < -0.3 is 9.67 Å². The maximum Gasteiger partial charge on any atom is 0.337 e. The molecule has 112 valence electrons. The van der Waals surface area contributed by atoms with Gasteiger partial charge in [-0.15, -0.1) is 0 Å². The molecule has 0 radical (unpaired) electrons. The van der Waals surface area contributed by atoms with Crippen LogP contribution in [0, 0.1) is 6.92 Å². The lowest BCUT2D eigenvalue weighted by atomic mass is 9.97. The molecule has 0 saturated heterocycles. The minimum absolute atomic E-state index is 0.0872. The Bertz CT molecular complexity index is 723. The van der Waals surface area contributed by atoms with E-state index in [9.17, 15) is 14.7 Å². The molecule has 0 aliphatic heterocycles. The van der Waals surface area contributed by atoms with Crippen LogP contribution in [0.25, 0.3) is 10.9 Å². The molecule has 0 saturated carbocycles. The predicted molar refractivity (Wildman–Crippen MR) is 83.5 cm³/mol. The number of carboxylic acids is 1. The Morgan fingerprint density at radius 1 is 1.24 bits per heavy atom. The van der Waals surface area contributed by atoms with Gasteiger partial charge in [-0.05, 0) is 44.4 Å². The number of aldehydes is 1. The molecule has 0 unspecified atom stereocenters. The topological polar surface area (TPSA) is 59.3 Å². The molecule has 1 heterocycles. The number of fused-ring (bicyclic) bond motifs is 1. The van der Waals surface area contributed by atoms with Gasteiger partial charge in [0.15, 0.2) is 6.29 Å². The lowest BCUT2D eigenvalue weighted by Gasteiger charge is -2.15. The number of carboxylic acid groups (broad SMARTS) is 1. The maximum atomic E-state index is 11.7. The summed E-state index contributed by atoms with van der Waals surface area (Å²) in [5.41, 5.74) is 3.24. The highest BCUT2D eigenvalue weighted by molar-refractivity contribution is 6.08. The highest BCUT2D eigenvalue weighted by atomic mass is 16.4. The van der Waals surface area contributed by atoms with Gasteiger partial charge in [-0.1, -0.05) is 13.8 Å². The molecule has 4 heteroatoms. The molecule has 1 aromatic heterocycles. The van der Waals surface area contributed by atoms with Crippen LogP contribution in [-0.2, 0) is 0 Å². The van der Waals surface area contributed by atoms with E-state index in [1.54, 1.807) is 6.07 Å². The molecule has 0 bridgehead atoms. The average molecular weight is 287 g/mol. The number of rotatable bonds is 4. The van der Waals surface area contributed by atoms with Crippen LogP contribution in [0.5, 0.6) is 0 Å². The summed E-state index contributed by atoms with van der Waals surface area (Å²) in [6.07, 6.45) is 0.826. The third kappa shape index (κ3) is 2.35. The van der Waals surface area contributed by atoms with Crippen LogP contribution in [0.2, 0.25) is 0 Å². The third-order valence-corrected chi connectivity index (χ3v) is 3.95. The van der Waals surface area contributed by atoms with Gasteiger partial charge in [0.05, 0.1) is 11.1 Å². The Kier molecular flexibility index (Phi) is 3.90. The second-order valence-corrected chi connectivity index (χ2v) is 6.01. The van der Waals surface area contributed by atoms with Gasteiger partial charge in [0.25, 0.3) is 0 Å². The fourth-order valence-electron chi connectivity index (χ4n) is 2.90. The molecule has 2 rings (SSSR count). The van der Waals surface area contributed by atoms with Gasteiger partial charge in [0.2, 0.25) is 0 Å². The first-order chi connectivity index (χ1) is 9.79. The first kappa shape index (κ1) is 15.3. The monoisotopic (exact) mass is 287 g/mol. The minimum Gasteiger partial charge on any atom is -0.478 e. The van der Waals surface area contributed by atoms with Crippen molar-refractivity contribution in [3.05, 3.63) is 34.5 Å². The van der Waals surface area contributed by atoms with Crippen LogP contribution in [0.1, 0.15) is 71.6 Å². The standard InChI is InChI=1S/C17H21NO3/c1-9(2)12-6-13-15(8-19)11(5)18(10(3)4)16(13)14(7-12)17(20)21/h6-10H,1-5H3,(H,20,21). The summed E-state index contributed by atoms with van der Waals surface area (Å²) in [5, 5.41) is 10.3. The fraction of sp³-hybridized carbons (Fsp3) is 0.412. The molecule has 1 N–H and O–H groups in total. The Morgan fingerprint density at radius 3 is 2.29 bits per heavy atom. The fourth-order valence-corrected chi connectivity index (χ4v) is 2.90. The molecule has 21 heavy (non-hydrogen) atoms. The molecule has 0 amide bonds. The van der Waals surface area contributed by atoms with Gasteiger partial charge in [-0.2, -0.15) is 0 Å². The van der Waals surface area contributed by atoms with Crippen molar-refractivity contribution in [1.82, 2.24) is 4.57 Å². The molecule has 0 spiro atoms. The molecule has 4 nitrogen and oxygen atoms in total. The molecular formula is C17H21NO3. The highest BCUT2D eigenvalue weighted by Gasteiger charge is 2.22. The van der Waals surface area contributed by atoms with E-state index < -0.39 is 5.97 Å². The van der Waals surface area contributed by atoms with Crippen molar-refractivity contribution in [3.63, 3.8) is 0 Å². The minimum atomic E-state index is -0.959. The average Bonchev–Trinajstić information content (AvgIpc) is 2.68. The van der Waals surface area contributed by atoms with Gasteiger partial charge in [-0.25, -0.2) is 4.79 Å². The summed E-state index contributed by atoms with van der Waals surface area (Å²) in [4.78, 5) is 23.2. The van der Waals surface area contributed by atoms with Crippen LogP contribution in [-0.4, -0.2) is 21.9 Å². The SMILES string of the molecule is Cc1c(C=O)c2cc(C(C)C)cc(C(=O)O)c2n1C(C)C. The number of carbonyl (C=O) groups excluding carboxylic acids is 1. The number of aromatic carboxylic acids is 1. The Balaban J connectivity index is 3.03. The van der Waals surface area contributed by atoms with Crippen molar-refractivity contribution < 1.29 is 14.7 Å². The molecule has 2 aromatic rings. The van der Waals surface area contributed by atoms with Crippen molar-refractivity contribution >= 4 is 23.2 Å². The Labute approximate surface area is 124 Å². The summed E-state index contributed by atoms with van der Waals surface area (Å²) >= 11 is 0. The van der Waals surface area contributed by atoms with Crippen molar-refractivity contribution in [2.75, 3.05) is 0 Å². The van der Waals surface area contributed by atoms with Crippen LogP contribution >= 0.6 is 0 Å². The van der Waals surface area contributed by atoms with Crippen LogP contribution in [0.3, 0.4) is 0 Å². The largest absolute Gasteiger partial charge is 0.478 e. The second-order valence-electron chi connectivity index (χ2n) is 6.01. The van der Waals surface area contributed by atoms with E-state index in [0.29, 0.717) is 11.1 Å². The van der Waals surface area contributed by atoms with Gasteiger partial charge in [-0.3, -0.25) is 4.79 Å².